The van der Waals surface area contributed by atoms with Gasteiger partial charge in [-0.3, -0.25) is 14.9 Å². The van der Waals surface area contributed by atoms with Gasteiger partial charge in [0.2, 0.25) is 0 Å². The minimum absolute atomic E-state index is 0.0492. The Labute approximate surface area is 164 Å². The summed E-state index contributed by atoms with van der Waals surface area (Å²) < 4.78 is 5.50. The quantitative estimate of drug-likeness (QED) is 0.573. The Morgan fingerprint density at radius 3 is 2.21 bits per heavy atom. The lowest BCUT2D eigenvalue weighted by Crippen LogP contribution is -2.48. The molecule has 2 atom stereocenters. The highest BCUT2D eigenvalue weighted by Gasteiger charge is 2.27. The Balaban J connectivity index is 2.07. The topological polar surface area (TPSA) is 113 Å². The number of rotatable bonds is 10. The molecule has 7 heteroatoms. The van der Waals surface area contributed by atoms with Crippen LogP contribution in [0.3, 0.4) is 0 Å². The lowest BCUT2D eigenvalue weighted by atomic mass is 10.0. The van der Waals surface area contributed by atoms with Crippen LogP contribution in [0.2, 0.25) is 0 Å². The zero-order valence-electron chi connectivity index (χ0n) is 16.7. The molecule has 0 aliphatic heterocycles. The Morgan fingerprint density at radius 2 is 1.68 bits per heavy atom. The molecule has 152 valence electrons. The normalized spacial score (nSPS) is 13.5. The van der Waals surface area contributed by atoms with Gasteiger partial charge in [0, 0.05) is 12.8 Å². The van der Waals surface area contributed by atoms with E-state index in [-0.39, 0.29) is 12.3 Å². The molecule has 7 nitrogen and oxygen atoms in total. The van der Waals surface area contributed by atoms with Gasteiger partial charge in [-0.05, 0) is 31.7 Å². The van der Waals surface area contributed by atoms with E-state index in [0.717, 1.165) is 16.7 Å². The molecule has 2 unspecified atom stereocenters. The first kappa shape index (κ1) is 21.6. The second-order valence-corrected chi connectivity index (χ2v) is 7.69. The maximum atomic E-state index is 11.6. The van der Waals surface area contributed by atoms with Crippen molar-refractivity contribution in [3.05, 3.63) is 52.7 Å². The summed E-state index contributed by atoms with van der Waals surface area (Å²) in [6, 6.07) is 4.22. The van der Waals surface area contributed by atoms with Crippen LogP contribution in [0, 0.1) is 19.8 Å². The molecule has 28 heavy (non-hydrogen) atoms. The van der Waals surface area contributed by atoms with Gasteiger partial charge in [0.05, 0.1) is 5.69 Å². The number of hydrogen-bond donors (Lipinski definition) is 3. The average Bonchev–Trinajstić information content (AvgIpc) is 2.98. The van der Waals surface area contributed by atoms with Gasteiger partial charge in [-0.15, -0.1) is 0 Å². The molecule has 0 bridgehead atoms. The Bertz CT molecular complexity index is 808. The summed E-state index contributed by atoms with van der Waals surface area (Å²) in [5.74, 6) is -1.55. The van der Waals surface area contributed by atoms with E-state index in [1.54, 1.807) is 0 Å². The zero-order chi connectivity index (χ0) is 20.8. The highest BCUT2D eigenvalue weighted by molar-refractivity contribution is 5.77. The Morgan fingerprint density at radius 1 is 1.07 bits per heavy atom. The first-order chi connectivity index (χ1) is 13.1. The smallest absolute Gasteiger partial charge is 0.321 e. The lowest BCUT2D eigenvalue weighted by molar-refractivity contribution is -0.142. The van der Waals surface area contributed by atoms with Crippen LogP contribution in [0.4, 0.5) is 0 Å². The van der Waals surface area contributed by atoms with Crippen molar-refractivity contribution in [3.8, 4) is 0 Å². The number of nitrogens with zero attached hydrogens (tertiary/aromatic N) is 1. The molecule has 0 saturated carbocycles. The van der Waals surface area contributed by atoms with Gasteiger partial charge in [0.25, 0.3) is 0 Å². The third-order valence-corrected chi connectivity index (χ3v) is 4.36. The SMILES string of the molecule is Cc1cc(C)cc(Cc2nc(CC(NC(CC(C)C)C(=O)O)C(=O)O)co2)c1. The molecule has 0 amide bonds. The number of oxazole rings is 1. The largest absolute Gasteiger partial charge is 0.480 e. The number of benzene rings is 1. The number of aryl methyl sites for hydroxylation is 2. The van der Waals surface area contributed by atoms with Crippen molar-refractivity contribution < 1.29 is 24.2 Å². The first-order valence-corrected chi connectivity index (χ1v) is 9.36. The monoisotopic (exact) mass is 388 g/mol. The summed E-state index contributed by atoms with van der Waals surface area (Å²) in [5, 5.41) is 21.6. The molecule has 2 rings (SSSR count). The van der Waals surface area contributed by atoms with Gasteiger partial charge >= 0.3 is 11.9 Å². The van der Waals surface area contributed by atoms with Crippen LogP contribution in [-0.4, -0.2) is 39.2 Å². The van der Waals surface area contributed by atoms with Crippen LogP contribution >= 0.6 is 0 Å². The van der Waals surface area contributed by atoms with E-state index in [0.29, 0.717) is 24.4 Å². The van der Waals surface area contributed by atoms with Crippen LogP contribution in [0.25, 0.3) is 0 Å². The van der Waals surface area contributed by atoms with E-state index in [4.69, 9.17) is 4.42 Å². The predicted octanol–water partition coefficient (Wildman–Crippen LogP) is 2.97. The van der Waals surface area contributed by atoms with E-state index >= 15 is 0 Å². The van der Waals surface area contributed by atoms with Gasteiger partial charge in [0.1, 0.15) is 18.3 Å². The Hall–Kier alpha value is -2.67. The van der Waals surface area contributed by atoms with Crippen LogP contribution in [0.15, 0.2) is 28.9 Å². The summed E-state index contributed by atoms with van der Waals surface area (Å²) >= 11 is 0. The van der Waals surface area contributed by atoms with E-state index in [9.17, 15) is 19.8 Å². The molecule has 0 aliphatic carbocycles. The summed E-state index contributed by atoms with van der Waals surface area (Å²) in [5.41, 5.74) is 3.86. The van der Waals surface area contributed by atoms with Crippen LogP contribution in [0.5, 0.6) is 0 Å². The highest BCUT2D eigenvalue weighted by atomic mass is 16.4. The maximum Gasteiger partial charge on any atom is 0.321 e. The van der Waals surface area contributed by atoms with Gasteiger partial charge in [-0.25, -0.2) is 4.98 Å². The van der Waals surface area contributed by atoms with Crippen molar-refractivity contribution in [1.29, 1.82) is 0 Å². The number of aromatic nitrogens is 1. The minimum atomic E-state index is -1.12. The number of aliphatic carboxylic acids is 2. The van der Waals surface area contributed by atoms with Gasteiger partial charge in [-0.1, -0.05) is 43.2 Å². The third-order valence-electron chi connectivity index (χ3n) is 4.36. The van der Waals surface area contributed by atoms with Crippen molar-refractivity contribution in [1.82, 2.24) is 10.3 Å². The van der Waals surface area contributed by atoms with E-state index in [1.807, 2.05) is 27.7 Å². The van der Waals surface area contributed by atoms with Crippen molar-refractivity contribution in [2.75, 3.05) is 0 Å². The van der Waals surface area contributed by atoms with E-state index < -0.39 is 24.0 Å². The fraction of sp³-hybridized carbons (Fsp3) is 0.476. The van der Waals surface area contributed by atoms with Crippen molar-refractivity contribution in [2.24, 2.45) is 5.92 Å². The molecule has 1 aromatic carbocycles. The predicted molar refractivity (Wildman–Crippen MR) is 104 cm³/mol. The minimum Gasteiger partial charge on any atom is -0.480 e. The molecular weight excluding hydrogens is 360 g/mol. The molecule has 0 radical (unpaired) electrons. The number of carbonyl (C=O) groups is 2. The molecule has 0 aliphatic rings. The standard InChI is InChI=1S/C21H28N2O5/c1-12(2)5-17(20(24)25)23-18(21(26)27)10-16-11-28-19(22-16)9-15-7-13(3)6-14(4)8-15/h6-8,11-12,17-18,23H,5,9-10H2,1-4H3,(H,24,25)(H,26,27). The maximum absolute atomic E-state index is 11.6. The summed E-state index contributed by atoms with van der Waals surface area (Å²) in [6.07, 6.45) is 2.34. The van der Waals surface area contributed by atoms with Crippen molar-refractivity contribution >= 4 is 11.9 Å². The lowest BCUT2D eigenvalue weighted by Gasteiger charge is -2.21. The van der Waals surface area contributed by atoms with E-state index in [2.05, 4.69) is 28.5 Å². The first-order valence-electron chi connectivity index (χ1n) is 9.36. The molecule has 1 heterocycles. The van der Waals surface area contributed by atoms with E-state index in [1.165, 1.54) is 6.26 Å². The van der Waals surface area contributed by atoms with Crippen LogP contribution in [0.1, 0.15) is 48.5 Å². The molecule has 2 aromatic rings. The molecular formula is C21H28N2O5. The highest BCUT2D eigenvalue weighted by Crippen LogP contribution is 2.15. The summed E-state index contributed by atoms with van der Waals surface area (Å²) in [4.78, 5) is 27.4. The second-order valence-electron chi connectivity index (χ2n) is 7.69. The molecule has 1 aromatic heterocycles. The summed E-state index contributed by atoms with van der Waals surface area (Å²) in [6.45, 7) is 7.84. The number of carboxylic acid groups (broad SMARTS) is 2. The fourth-order valence-corrected chi connectivity index (χ4v) is 3.25. The molecule has 3 N–H and O–H groups in total. The van der Waals surface area contributed by atoms with Crippen LogP contribution < -0.4 is 5.32 Å². The molecule has 0 saturated heterocycles. The van der Waals surface area contributed by atoms with Crippen LogP contribution in [-0.2, 0) is 22.4 Å². The Kier molecular flexibility index (Phi) is 7.34. The fourth-order valence-electron chi connectivity index (χ4n) is 3.25. The second kappa shape index (κ2) is 9.50. The molecule has 0 spiro atoms. The van der Waals surface area contributed by atoms with Crippen molar-refractivity contribution in [2.45, 2.75) is 59.0 Å². The number of hydrogen-bond acceptors (Lipinski definition) is 5. The summed E-state index contributed by atoms with van der Waals surface area (Å²) in [7, 11) is 0. The average molecular weight is 388 g/mol. The molecule has 0 fully saturated rings. The van der Waals surface area contributed by atoms with Gasteiger partial charge in [0.15, 0.2) is 5.89 Å². The zero-order valence-corrected chi connectivity index (χ0v) is 16.7. The van der Waals surface area contributed by atoms with Gasteiger partial charge < -0.3 is 14.6 Å². The number of carboxylic acids is 2. The number of nitrogens with one attached hydrogen (secondary N) is 1. The third kappa shape index (κ3) is 6.49. The van der Waals surface area contributed by atoms with Gasteiger partial charge in [-0.2, -0.15) is 0 Å². The van der Waals surface area contributed by atoms with Crippen molar-refractivity contribution in [3.63, 3.8) is 0 Å².